The quantitative estimate of drug-likeness (QED) is 0.617. The van der Waals surface area contributed by atoms with Gasteiger partial charge in [0.15, 0.2) is 5.65 Å². The molecule has 0 aliphatic carbocycles. The minimum Gasteiger partial charge on any atom is -0.368 e. The molecule has 10 nitrogen and oxygen atoms in total. The molecule has 0 bridgehead atoms. The Labute approximate surface area is 171 Å². The third kappa shape index (κ3) is 2.71. The van der Waals surface area contributed by atoms with E-state index in [9.17, 15) is 14.4 Å². The average molecular weight is 405 g/mol. The molecule has 1 saturated heterocycles. The Hall–Kier alpha value is -3.82. The number of imide groups is 1. The Bertz CT molecular complexity index is 1230. The Balaban J connectivity index is 1.53. The van der Waals surface area contributed by atoms with Gasteiger partial charge in [0, 0.05) is 30.6 Å². The molecule has 0 radical (unpaired) electrons. The molecule has 2 aromatic heterocycles. The third-order valence-electron chi connectivity index (χ3n) is 5.61. The molecule has 30 heavy (non-hydrogen) atoms. The number of piperidine rings is 1. The van der Waals surface area contributed by atoms with Crippen molar-refractivity contribution in [3.05, 3.63) is 35.5 Å². The Kier molecular flexibility index (Phi) is 4.02. The summed E-state index contributed by atoms with van der Waals surface area (Å²) in [5.74, 6) is -0.794. The van der Waals surface area contributed by atoms with Crippen molar-refractivity contribution >= 4 is 34.7 Å². The molecule has 0 spiro atoms. The zero-order valence-electron chi connectivity index (χ0n) is 16.3. The highest BCUT2D eigenvalue weighted by Gasteiger charge is 2.39. The summed E-state index contributed by atoms with van der Waals surface area (Å²) in [5, 5.41) is 7.43. The number of aryl methyl sites for hydroxylation is 1. The van der Waals surface area contributed by atoms with Crippen molar-refractivity contribution in [3.63, 3.8) is 0 Å². The van der Waals surface area contributed by atoms with Crippen LogP contribution in [0.5, 0.6) is 0 Å². The summed E-state index contributed by atoms with van der Waals surface area (Å²) >= 11 is 0. The average Bonchev–Trinajstić information content (AvgIpc) is 3.28. The monoisotopic (exact) mass is 405 g/mol. The first-order valence-corrected chi connectivity index (χ1v) is 9.73. The zero-order valence-corrected chi connectivity index (χ0v) is 16.3. The number of nitrogens with two attached hydrogens (primary N) is 1. The number of anilines is 1. The van der Waals surface area contributed by atoms with E-state index in [0.717, 1.165) is 16.5 Å². The van der Waals surface area contributed by atoms with Crippen molar-refractivity contribution in [2.45, 2.75) is 38.9 Å². The molecule has 10 heteroatoms. The molecule has 3 amide bonds. The lowest BCUT2D eigenvalue weighted by Crippen LogP contribution is -2.52. The van der Waals surface area contributed by atoms with Crippen molar-refractivity contribution in [1.82, 2.24) is 30.0 Å². The fourth-order valence-corrected chi connectivity index (χ4v) is 4.15. The second kappa shape index (κ2) is 6.61. The van der Waals surface area contributed by atoms with Crippen molar-refractivity contribution in [2.24, 2.45) is 0 Å². The number of amides is 3. The second-order valence-corrected chi connectivity index (χ2v) is 7.40. The van der Waals surface area contributed by atoms with Crippen molar-refractivity contribution in [3.8, 4) is 11.3 Å². The van der Waals surface area contributed by atoms with Crippen molar-refractivity contribution in [2.75, 3.05) is 5.73 Å². The summed E-state index contributed by atoms with van der Waals surface area (Å²) < 4.78 is 1.75. The third-order valence-corrected chi connectivity index (χ3v) is 5.61. The minimum absolute atomic E-state index is 0.148. The highest BCUT2D eigenvalue weighted by Crippen LogP contribution is 2.33. The molecule has 0 saturated carbocycles. The molecule has 1 aromatic carbocycles. The summed E-state index contributed by atoms with van der Waals surface area (Å²) in [6.07, 6.45) is 2.26. The first kappa shape index (κ1) is 18.2. The molecule has 4 heterocycles. The fourth-order valence-electron chi connectivity index (χ4n) is 4.15. The predicted molar refractivity (Wildman–Crippen MR) is 107 cm³/mol. The van der Waals surface area contributed by atoms with Gasteiger partial charge in [0.1, 0.15) is 6.04 Å². The van der Waals surface area contributed by atoms with Crippen LogP contribution in [0.15, 0.2) is 24.4 Å². The lowest BCUT2D eigenvalue weighted by molar-refractivity contribution is -0.136. The highest BCUT2D eigenvalue weighted by atomic mass is 16.2. The van der Waals surface area contributed by atoms with Gasteiger partial charge in [-0.1, -0.05) is 6.07 Å². The van der Waals surface area contributed by atoms with Crippen LogP contribution in [-0.2, 0) is 22.7 Å². The van der Waals surface area contributed by atoms with Crippen LogP contribution in [0.1, 0.15) is 35.7 Å². The maximum atomic E-state index is 12.9. The van der Waals surface area contributed by atoms with Gasteiger partial charge in [-0.2, -0.15) is 10.1 Å². The molecule has 5 rings (SSSR count). The lowest BCUT2D eigenvalue weighted by Gasteiger charge is -2.29. The number of nitrogens with one attached hydrogen (secondary N) is 1. The van der Waals surface area contributed by atoms with Crippen LogP contribution in [0.2, 0.25) is 0 Å². The van der Waals surface area contributed by atoms with E-state index in [1.165, 1.54) is 4.90 Å². The molecule has 1 atom stereocenters. The number of rotatable bonds is 3. The van der Waals surface area contributed by atoms with E-state index in [-0.39, 0.29) is 24.2 Å². The number of benzene rings is 1. The number of carbonyl (C=O) groups is 3. The van der Waals surface area contributed by atoms with Crippen LogP contribution in [-0.4, -0.2) is 48.4 Å². The van der Waals surface area contributed by atoms with E-state index in [1.54, 1.807) is 16.9 Å². The first-order chi connectivity index (χ1) is 14.5. The van der Waals surface area contributed by atoms with E-state index >= 15 is 0 Å². The van der Waals surface area contributed by atoms with E-state index < -0.39 is 11.9 Å². The maximum absolute atomic E-state index is 12.9. The van der Waals surface area contributed by atoms with E-state index in [2.05, 4.69) is 20.4 Å². The molecular formula is C20H19N7O3. The van der Waals surface area contributed by atoms with E-state index in [4.69, 9.17) is 5.73 Å². The van der Waals surface area contributed by atoms with Gasteiger partial charge in [-0.25, -0.2) is 9.67 Å². The Morgan fingerprint density at radius 2 is 2.07 bits per heavy atom. The van der Waals surface area contributed by atoms with Gasteiger partial charge in [-0.15, -0.1) is 0 Å². The summed E-state index contributed by atoms with van der Waals surface area (Å²) in [5.41, 5.74) is 9.37. The Morgan fingerprint density at radius 3 is 2.83 bits per heavy atom. The summed E-state index contributed by atoms with van der Waals surface area (Å²) in [6, 6.07) is 4.81. The van der Waals surface area contributed by atoms with Gasteiger partial charge in [0.2, 0.25) is 17.8 Å². The summed E-state index contributed by atoms with van der Waals surface area (Å²) in [4.78, 5) is 46.8. The minimum atomic E-state index is -0.643. The van der Waals surface area contributed by atoms with E-state index in [1.807, 2.05) is 19.1 Å². The molecule has 3 N–H and O–H groups in total. The molecule has 2 aliphatic rings. The summed E-state index contributed by atoms with van der Waals surface area (Å²) in [7, 11) is 0. The molecule has 152 valence electrons. The van der Waals surface area contributed by atoms with Gasteiger partial charge < -0.3 is 10.6 Å². The number of nitrogens with zero attached hydrogens (tertiary/aromatic N) is 5. The number of aromatic nitrogens is 4. The topological polar surface area (TPSA) is 136 Å². The zero-order chi connectivity index (χ0) is 21.0. The number of fused-ring (bicyclic) bond motifs is 2. The lowest BCUT2D eigenvalue weighted by atomic mass is 10.0. The van der Waals surface area contributed by atoms with Crippen LogP contribution >= 0.6 is 0 Å². The standard InChI is InChI=1S/C20H19N7O3/c1-2-27-17-13(8-22-27)16(24-20(21)25-17)10-3-4-12-11(7-10)9-26(19(12)30)14-5-6-15(28)23-18(14)29/h3-4,7-8,14H,2,5-6,9H2,1H3,(H2,21,24,25)(H,23,28,29). The van der Waals surface area contributed by atoms with Crippen LogP contribution < -0.4 is 11.1 Å². The first-order valence-electron chi connectivity index (χ1n) is 9.73. The number of carbonyl (C=O) groups excluding carboxylic acids is 3. The molecule has 1 unspecified atom stereocenters. The number of nitrogen functional groups attached to an aromatic ring is 1. The van der Waals surface area contributed by atoms with Gasteiger partial charge in [-0.05, 0) is 31.0 Å². The molecular weight excluding hydrogens is 386 g/mol. The van der Waals surface area contributed by atoms with Gasteiger partial charge in [0.05, 0.1) is 17.3 Å². The number of hydrogen-bond donors (Lipinski definition) is 2. The summed E-state index contributed by atoms with van der Waals surface area (Å²) in [6.45, 7) is 2.92. The van der Waals surface area contributed by atoms with Gasteiger partial charge in [0.25, 0.3) is 5.91 Å². The SMILES string of the molecule is CCn1ncc2c(-c3ccc4c(c3)CN(C3CCC(=O)NC3=O)C4=O)nc(N)nc21. The van der Waals surface area contributed by atoms with Crippen LogP contribution in [0.4, 0.5) is 5.95 Å². The van der Waals surface area contributed by atoms with Gasteiger partial charge in [-0.3, -0.25) is 19.7 Å². The van der Waals surface area contributed by atoms with Crippen LogP contribution in [0.25, 0.3) is 22.3 Å². The Morgan fingerprint density at radius 1 is 1.23 bits per heavy atom. The highest BCUT2D eigenvalue weighted by molar-refractivity contribution is 6.05. The fraction of sp³-hybridized carbons (Fsp3) is 0.300. The van der Waals surface area contributed by atoms with Crippen LogP contribution in [0.3, 0.4) is 0 Å². The molecule has 2 aliphatic heterocycles. The molecule has 1 fully saturated rings. The molecule has 3 aromatic rings. The van der Waals surface area contributed by atoms with E-state index in [0.29, 0.717) is 36.4 Å². The predicted octanol–water partition coefficient (Wildman–Crippen LogP) is 0.856. The maximum Gasteiger partial charge on any atom is 0.255 e. The normalized spacial score (nSPS) is 18.8. The number of hydrogen-bond acceptors (Lipinski definition) is 7. The van der Waals surface area contributed by atoms with Crippen molar-refractivity contribution in [1.29, 1.82) is 0 Å². The van der Waals surface area contributed by atoms with Crippen molar-refractivity contribution < 1.29 is 14.4 Å². The van der Waals surface area contributed by atoms with Gasteiger partial charge >= 0.3 is 0 Å². The largest absolute Gasteiger partial charge is 0.368 e. The second-order valence-electron chi connectivity index (χ2n) is 7.40. The smallest absolute Gasteiger partial charge is 0.255 e. The van der Waals surface area contributed by atoms with Crippen LogP contribution in [0, 0.1) is 0 Å².